The minimum absolute atomic E-state index is 0.0138. The average Bonchev–Trinajstić information content (AvgIpc) is 3.13. The van der Waals surface area contributed by atoms with E-state index in [2.05, 4.69) is 15.3 Å². The summed E-state index contributed by atoms with van der Waals surface area (Å²) in [5, 5.41) is 11.5. The summed E-state index contributed by atoms with van der Waals surface area (Å²) in [6.07, 6.45) is 5.34. The van der Waals surface area contributed by atoms with Crippen molar-refractivity contribution in [1.82, 2.24) is 24.7 Å². The molecule has 0 saturated carbocycles. The van der Waals surface area contributed by atoms with E-state index in [1.807, 2.05) is 46.1 Å². The zero-order chi connectivity index (χ0) is 17.3. The molecule has 3 rings (SSSR count). The summed E-state index contributed by atoms with van der Waals surface area (Å²) >= 11 is 0. The number of fused-ring (bicyclic) bond motifs is 1. The Balaban J connectivity index is 1.68. The van der Waals surface area contributed by atoms with Crippen LogP contribution >= 0.6 is 0 Å². The second kappa shape index (κ2) is 6.47. The molecule has 0 spiro atoms. The van der Waals surface area contributed by atoms with E-state index in [9.17, 15) is 4.79 Å². The SMILES string of the molecule is Cc1n[nH]c(C)c1CCCN(C)C(=O)c1cnn2cccc(C)c12. The van der Waals surface area contributed by atoms with E-state index in [0.717, 1.165) is 35.3 Å². The summed E-state index contributed by atoms with van der Waals surface area (Å²) in [4.78, 5) is 14.5. The monoisotopic (exact) mass is 325 g/mol. The highest BCUT2D eigenvalue weighted by Gasteiger charge is 2.18. The third-order valence-electron chi connectivity index (χ3n) is 4.52. The van der Waals surface area contributed by atoms with Crippen LogP contribution in [0.2, 0.25) is 0 Å². The second-order valence-corrected chi connectivity index (χ2v) is 6.29. The van der Waals surface area contributed by atoms with Crippen LogP contribution in [0.5, 0.6) is 0 Å². The van der Waals surface area contributed by atoms with Crippen LogP contribution in [-0.2, 0) is 6.42 Å². The summed E-state index contributed by atoms with van der Waals surface area (Å²) in [5.74, 6) is 0.0138. The van der Waals surface area contributed by atoms with Crippen molar-refractivity contribution in [3.8, 4) is 0 Å². The third-order valence-corrected chi connectivity index (χ3v) is 4.52. The first-order valence-corrected chi connectivity index (χ1v) is 8.18. The standard InChI is InChI=1S/C18H23N5O/c1-12-7-5-10-23-17(12)16(11-19-23)18(24)22(4)9-6-8-15-13(2)20-21-14(15)3/h5,7,10-11H,6,8-9H2,1-4H3,(H,20,21). The van der Waals surface area contributed by atoms with Gasteiger partial charge in [-0.1, -0.05) is 6.07 Å². The lowest BCUT2D eigenvalue weighted by Crippen LogP contribution is -2.28. The molecule has 0 atom stereocenters. The number of amides is 1. The van der Waals surface area contributed by atoms with Crippen LogP contribution < -0.4 is 0 Å². The molecule has 24 heavy (non-hydrogen) atoms. The minimum Gasteiger partial charge on any atom is -0.342 e. The molecule has 3 aromatic rings. The Morgan fingerprint density at radius 1 is 1.33 bits per heavy atom. The van der Waals surface area contributed by atoms with Crippen LogP contribution in [0.3, 0.4) is 0 Å². The molecular weight excluding hydrogens is 302 g/mol. The van der Waals surface area contributed by atoms with E-state index in [4.69, 9.17) is 0 Å². The van der Waals surface area contributed by atoms with Gasteiger partial charge in [0.1, 0.15) is 0 Å². The van der Waals surface area contributed by atoms with Gasteiger partial charge in [0, 0.05) is 25.5 Å². The molecule has 0 fully saturated rings. The number of pyridine rings is 1. The van der Waals surface area contributed by atoms with E-state index in [0.29, 0.717) is 12.1 Å². The lowest BCUT2D eigenvalue weighted by Gasteiger charge is -2.17. The van der Waals surface area contributed by atoms with Crippen molar-refractivity contribution < 1.29 is 4.79 Å². The number of carbonyl (C=O) groups is 1. The number of nitrogens with zero attached hydrogens (tertiary/aromatic N) is 4. The van der Waals surface area contributed by atoms with Gasteiger partial charge >= 0.3 is 0 Å². The van der Waals surface area contributed by atoms with Gasteiger partial charge in [0.15, 0.2) is 0 Å². The van der Waals surface area contributed by atoms with Gasteiger partial charge in [0.05, 0.1) is 23.0 Å². The fourth-order valence-electron chi connectivity index (χ4n) is 3.12. The molecule has 3 heterocycles. The number of nitrogens with one attached hydrogen (secondary N) is 1. The van der Waals surface area contributed by atoms with Crippen LogP contribution in [-0.4, -0.2) is 44.2 Å². The molecule has 0 aliphatic rings. The molecule has 3 aromatic heterocycles. The highest BCUT2D eigenvalue weighted by molar-refractivity contribution is 6.01. The summed E-state index contributed by atoms with van der Waals surface area (Å²) in [7, 11) is 1.85. The zero-order valence-corrected chi connectivity index (χ0v) is 14.6. The van der Waals surface area contributed by atoms with Crippen LogP contribution in [0.25, 0.3) is 5.52 Å². The highest BCUT2D eigenvalue weighted by Crippen LogP contribution is 2.17. The molecule has 6 heteroatoms. The summed E-state index contributed by atoms with van der Waals surface area (Å²) in [5.41, 5.74) is 6.00. The number of rotatable bonds is 5. The van der Waals surface area contributed by atoms with Gasteiger partial charge < -0.3 is 4.90 Å². The topological polar surface area (TPSA) is 66.3 Å². The zero-order valence-electron chi connectivity index (χ0n) is 14.6. The molecule has 0 aromatic carbocycles. The Bertz CT molecular complexity index is 857. The Labute approximate surface area is 141 Å². The second-order valence-electron chi connectivity index (χ2n) is 6.29. The Kier molecular flexibility index (Phi) is 4.38. The fourth-order valence-corrected chi connectivity index (χ4v) is 3.12. The van der Waals surface area contributed by atoms with E-state index < -0.39 is 0 Å². The Morgan fingerprint density at radius 2 is 2.12 bits per heavy atom. The molecule has 6 nitrogen and oxygen atoms in total. The molecule has 0 bridgehead atoms. The number of hydrogen-bond acceptors (Lipinski definition) is 3. The first-order valence-electron chi connectivity index (χ1n) is 8.18. The lowest BCUT2D eigenvalue weighted by atomic mass is 10.1. The van der Waals surface area contributed by atoms with E-state index in [1.165, 1.54) is 5.56 Å². The van der Waals surface area contributed by atoms with Crippen molar-refractivity contribution in [1.29, 1.82) is 0 Å². The minimum atomic E-state index is 0.0138. The summed E-state index contributed by atoms with van der Waals surface area (Å²) in [6, 6.07) is 3.93. The number of hydrogen-bond donors (Lipinski definition) is 1. The smallest absolute Gasteiger partial charge is 0.257 e. The molecule has 1 N–H and O–H groups in total. The predicted molar refractivity (Wildman–Crippen MR) is 93.3 cm³/mol. The van der Waals surface area contributed by atoms with Crippen LogP contribution in [0.15, 0.2) is 24.5 Å². The molecule has 0 aliphatic carbocycles. The Morgan fingerprint density at radius 3 is 2.83 bits per heavy atom. The Hall–Kier alpha value is -2.63. The predicted octanol–water partition coefficient (Wildman–Crippen LogP) is 2.69. The summed E-state index contributed by atoms with van der Waals surface area (Å²) < 4.78 is 1.76. The van der Waals surface area contributed by atoms with Gasteiger partial charge in [-0.05, 0) is 50.8 Å². The van der Waals surface area contributed by atoms with Crippen LogP contribution in [0.1, 0.15) is 39.3 Å². The number of aryl methyl sites for hydroxylation is 3. The fraction of sp³-hybridized carbons (Fsp3) is 0.389. The number of aromatic amines is 1. The average molecular weight is 325 g/mol. The first kappa shape index (κ1) is 16.2. The largest absolute Gasteiger partial charge is 0.342 e. The van der Waals surface area contributed by atoms with Crippen molar-refractivity contribution >= 4 is 11.4 Å². The van der Waals surface area contributed by atoms with Gasteiger partial charge in [0.2, 0.25) is 0 Å². The molecule has 1 amide bonds. The van der Waals surface area contributed by atoms with Crippen LogP contribution in [0, 0.1) is 20.8 Å². The van der Waals surface area contributed by atoms with Crippen molar-refractivity contribution in [3.05, 3.63) is 52.6 Å². The highest BCUT2D eigenvalue weighted by atomic mass is 16.2. The van der Waals surface area contributed by atoms with E-state index in [-0.39, 0.29) is 5.91 Å². The molecule has 126 valence electrons. The quantitative estimate of drug-likeness (QED) is 0.784. The van der Waals surface area contributed by atoms with Crippen molar-refractivity contribution in [2.24, 2.45) is 0 Å². The maximum atomic E-state index is 12.8. The summed E-state index contributed by atoms with van der Waals surface area (Å²) in [6.45, 7) is 6.74. The molecule has 0 saturated heterocycles. The van der Waals surface area contributed by atoms with Gasteiger partial charge in [0.25, 0.3) is 5.91 Å². The number of carbonyl (C=O) groups excluding carboxylic acids is 1. The van der Waals surface area contributed by atoms with E-state index >= 15 is 0 Å². The van der Waals surface area contributed by atoms with Gasteiger partial charge in [-0.15, -0.1) is 0 Å². The number of H-pyrrole nitrogens is 1. The maximum absolute atomic E-state index is 12.8. The number of aromatic nitrogens is 4. The molecule has 0 aliphatic heterocycles. The first-order chi connectivity index (χ1) is 11.5. The lowest BCUT2D eigenvalue weighted by molar-refractivity contribution is 0.0795. The normalized spacial score (nSPS) is 11.2. The van der Waals surface area contributed by atoms with Crippen molar-refractivity contribution in [3.63, 3.8) is 0 Å². The molecular formula is C18H23N5O. The van der Waals surface area contributed by atoms with Gasteiger partial charge in [-0.2, -0.15) is 10.2 Å². The van der Waals surface area contributed by atoms with Crippen molar-refractivity contribution in [2.45, 2.75) is 33.6 Å². The third kappa shape index (κ3) is 2.91. The van der Waals surface area contributed by atoms with Crippen LogP contribution in [0.4, 0.5) is 0 Å². The van der Waals surface area contributed by atoms with E-state index in [1.54, 1.807) is 15.6 Å². The molecule has 0 radical (unpaired) electrons. The van der Waals surface area contributed by atoms with Crippen molar-refractivity contribution in [2.75, 3.05) is 13.6 Å². The van der Waals surface area contributed by atoms with Gasteiger partial charge in [-0.25, -0.2) is 4.52 Å². The molecule has 0 unspecified atom stereocenters. The maximum Gasteiger partial charge on any atom is 0.257 e. The van der Waals surface area contributed by atoms with Gasteiger partial charge in [-0.3, -0.25) is 9.89 Å².